The molecule has 42 heavy (non-hydrogen) atoms. The minimum absolute atomic E-state index is 0.127. The molecular weight excluding hydrogens is 563 g/mol. The number of pyridine rings is 1. The first-order chi connectivity index (χ1) is 20.5. The summed E-state index contributed by atoms with van der Waals surface area (Å²) in [4.78, 5) is 29.6. The van der Waals surface area contributed by atoms with Gasteiger partial charge in [0.05, 0.1) is 5.52 Å². The van der Waals surface area contributed by atoms with E-state index in [1.165, 1.54) is 16.3 Å². The van der Waals surface area contributed by atoms with Crippen LogP contribution in [-0.2, 0) is 9.59 Å². The number of hydrogen-bond acceptors (Lipinski definition) is 4. The molecule has 1 aliphatic rings. The standard InChI is InChI=1S/C34H33ClN4O2P/c1-24(28-13-8-14-32(28)42(26-9-4-2-5-10-26)27-11-6-3-7-12-27)39-34(41)18-17-33(40)38-22-21-37-30-19-20-36-31-23-25(35)15-16-29(30)31/h2-16,19-20,23-24H,17-18,21-22H2,1H3,(H,36,37)(H,38,40)(H,39,41). The monoisotopic (exact) mass is 595 g/mol. The molecule has 213 valence electrons. The molecule has 3 N–H and O–H groups in total. The normalized spacial score (nSPS) is 14.6. The molecule has 0 bridgehead atoms. The van der Waals surface area contributed by atoms with Gasteiger partial charge in [-0.3, -0.25) is 14.6 Å². The number of anilines is 1. The largest absolute Gasteiger partial charge is 0.383 e. The number of carbonyl (C=O) groups excluding carboxylic acids is 2. The zero-order valence-electron chi connectivity index (χ0n) is 23.4. The van der Waals surface area contributed by atoms with E-state index in [2.05, 4.69) is 88.7 Å². The summed E-state index contributed by atoms with van der Waals surface area (Å²) in [6.07, 6.45) is 8.28. The highest BCUT2D eigenvalue weighted by atomic mass is 35.5. The van der Waals surface area contributed by atoms with Gasteiger partial charge < -0.3 is 16.0 Å². The summed E-state index contributed by atoms with van der Waals surface area (Å²) in [5.74, 6) is 0.800. The molecule has 5 rings (SSSR count). The van der Waals surface area contributed by atoms with Crippen LogP contribution in [0.2, 0.25) is 5.02 Å². The van der Waals surface area contributed by atoms with Crippen molar-refractivity contribution >= 4 is 58.5 Å². The van der Waals surface area contributed by atoms with Crippen LogP contribution in [0, 0.1) is 30.8 Å². The molecule has 6 nitrogen and oxygen atoms in total. The average molecular weight is 596 g/mol. The minimum atomic E-state index is -0.773. The fourth-order valence-electron chi connectivity index (χ4n) is 4.96. The Morgan fingerprint density at radius 1 is 0.857 bits per heavy atom. The van der Waals surface area contributed by atoms with E-state index < -0.39 is 7.92 Å². The van der Waals surface area contributed by atoms with Gasteiger partial charge in [-0.05, 0) is 69.0 Å². The van der Waals surface area contributed by atoms with Gasteiger partial charge in [-0.15, -0.1) is 0 Å². The number of aromatic nitrogens is 1. The van der Waals surface area contributed by atoms with E-state index in [9.17, 15) is 9.59 Å². The molecule has 8 heteroatoms. The summed E-state index contributed by atoms with van der Waals surface area (Å²) in [6.45, 7) is 2.98. The molecule has 0 spiro atoms. The Bertz CT molecular complexity index is 1450. The van der Waals surface area contributed by atoms with Gasteiger partial charge >= 0.3 is 0 Å². The zero-order valence-corrected chi connectivity index (χ0v) is 25.0. The van der Waals surface area contributed by atoms with Gasteiger partial charge in [-0.2, -0.15) is 0 Å². The first kappa shape index (κ1) is 30.0. The number of carbonyl (C=O) groups is 2. The van der Waals surface area contributed by atoms with Gasteiger partial charge in [-0.1, -0.05) is 72.3 Å². The van der Waals surface area contributed by atoms with E-state index in [0.717, 1.165) is 22.5 Å². The lowest BCUT2D eigenvalue weighted by Gasteiger charge is -2.32. The van der Waals surface area contributed by atoms with Crippen molar-refractivity contribution in [2.24, 2.45) is 0 Å². The Balaban J connectivity index is 1.09. The summed E-state index contributed by atoms with van der Waals surface area (Å²) in [6, 6.07) is 28.3. The number of nitrogens with one attached hydrogen (secondary N) is 3. The second kappa shape index (κ2) is 14.6. The molecule has 0 saturated heterocycles. The highest BCUT2D eigenvalue weighted by Crippen LogP contribution is 2.56. The van der Waals surface area contributed by atoms with Gasteiger partial charge in [0.1, 0.15) is 0 Å². The van der Waals surface area contributed by atoms with E-state index in [4.69, 9.17) is 11.6 Å². The maximum absolute atomic E-state index is 12.8. The predicted molar refractivity (Wildman–Crippen MR) is 174 cm³/mol. The summed E-state index contributed by atoms with van der Waals surface area (Å²) in [5, 5.41) is 13.5. The van der Waals surface area contributed by atoms with Gasteiger partial charge in [0.15, 0.2) is 0 Å². The molecule has 1 fully saturated rings. The number of rotatable bonds is 12. The Morgan fingerprint density at radius 3 is 2.26 bits per heavy atom. The van der Waals surface area contributed by atoms with Crippen LogP contribution in [0.5, 0.6) is 0 Å². The molecule has 1 saturated carbocycles. The van der Waals surface area contributed by atoms with E-state index in [1.807, 2.05) is 43.3 Å². The van der Waals surface area contributed by atoms with E-state index >= 15 is 0 Å². The van der Waals surface area contributed by atoms with E-state index in [-0.39, 0.29) is 30.7 Å². The van der Waals surface area contributed by atoms with E-state index in [0.29, 0.717) is 18.1 Å². The van der Waals surface area contributed by atoms with Crippen LogP contribution in [-0.4, -0.2) is 35.9 Å². The molecule has 1 heterocycles. The molecule has 5 radical (unpaired) electrons. The number of benzene rings is 3. The third-order valence-electron chi connectivity index (χ3n) is 6.99. The number of nitrogens with zero attached hydrogens (tertiary/aromatic N) is 1. The number of fused-ring (bicyclic) bond motifs is 1. The molecule has 1 atom stereocenters. The van der Waals surface area contributed by atoms with Crippen molar-refractivity contribution in [1.29, 1.82) is 0 Å². The third-order valence-corrected chi connectivity index (χ3v) is 9.74. The Hall–Kier alpha value is -3.47. The molecule has 1 aromatic heterocycles. The quantitative estimate of drug-likeness (QED) is 0.148. The lowest BCUT2D eigenvalue weighted by atomic mass is 9.99. The van der Waals surface area contributed by atoms with Crippen molar-refractivity contribution in [2.75, 3.05) is 18.4 Å². The molecule has 2 amide bonds. The zero-order chi connectivity index (χ0) is 29.3. The predicted octanol–water partition coefficient (Wildman–Crippen LogP) is 5.57. The van der Waals surface area contributed by atoms with Crippen LogP contribution in [0.4, 0.5) is 5.69 Å². The van der Waals surface area contributed by atoms with Crippen LogP contribution in [0.3, 0.4) is 0 Å². The lowest BCUT2D eigenvalue weighted by molar-refractivity contribution is -0.126. The van der Waals surface area contributed by atoms with Crippen LogP contribution in [0.1, 0.15) is 19.8 Å². The van der Waals surface area contributed by atoms with Crippen LogP contribution >= 0.6 is 19.5 Å². The van der Waals surface area contributed by atoms with Crippen molar-refractivity contribution in [3.8, 4) is 0 Å². The summed E-state index contributed by atoms with van der Waals surface area (Å²) < 4.78 is 0. The Labute approximate surface area is 254 Å². The fourth-order valence-corrected chi connectivity index (χ4v) is 7.68. The molecule has 4 aromatic rings. The summed E-state index contributed by atoms with van der Waals surface area (Å²) in [7, 11) is -0.773. The number of amides is 2. The molecular formula is C34H33ClN4O2P. The third kappa shape index (κ3) is 7.67. The Kier molecular flexibility index (Phi) is 10.4. The first-order valence-electron chi connectivity index (χ1n) is 14.0. The van der Waals surface area contributed by atoms with Crippen LogP contribution in [0.15, 0.2) is 91.1 Å². The number of halogens is 1. The van der Waals surface area contributed by atoms with Crippen molar-refractivity contribution < 1.29 is 9.59 Å². The van der Waals surface area contributed by atoms with Crippen molar-refractivity contribution in [3.63, 3.8) is 0 Å². The Morgan fingerprint density at radius 2 is 1.55 bits per heavy atom. The van der Waals surface area contributed by atoms with Gasteiger partial charge in [-0.25, -0.2) is 0 Å². The van der Waals surface area contributed by atoms with Crippen LogP contribution < -0.4 is 26.6 Å². The first-order valence-corrected chi connectivity index (χ1v) is 15.7. The smallest absolute Gasteiger partial charge is 0.220 e. The van der Waals surface area contributed by atoms with Crippen molar-refractivity contribution in [1.82, 2.24) is 15.6 Å². The molecule has 1 aliphatic carbocycles. The fraction of sp³-hybridized carbons (Fsp3) is 0.176. The van der Waals surface area contributed by atoms with Crippen LogP contribution in [0.25, 0.3) is 10.9 Å². The second-order valence-electron chi connectivity index (χ2n) is 9.96. The summed E-state index contributed by atoms with van der Waals surface area (Å²) >= 11 is 6.07. The highest BCUT2D eigenvalue weighted by Gasteiger charge is 2.40. The maximum atomic E-state index is 12.8. The van der Waals surface area contributed by atoms with E-state index in [1.54, 1.807) is 6.20 Å². The summed E-state index contributed by atoms with van der Waals surface area (Å²) in [5.41, 5.74) is 2.96. The second-order valence-corrected chi connectivity index (χ2v) is 12.6. The van der Waals surface area contributed by atoms with Gasteiger partial charge in [0, 0.05) is 65.8 Å². The molecule has 3 aromatic carbocycles. The molecule has 1 unspecified atom stereocenters. The van der Waals surface area contributed by atoms with Gasteiger partial charge in [0.25, 0.3) is 0 Å². The molecule has 0 aliphatic heterocycles. The highest BCUT2D eigenvalue weighted by molar-refractivity contribution is 7.76. The minimum Gasteiger partial charge on any atom is -0.383 e. The topological polar surface area (TPSA) is 83.1 Å². The lowest BCUT2D eigenvalue weighted by Crippen LogP contribution is -2.39. The maximum Gasteiger partial charge on any atom is 0.220 e. The van der Waals surface area contributed by atoms with Crippen molar-refractivity contribution in [2.45, 2.75) is 25.8 Å². The SMILES string of the molecule is CC(NC(=O)CCC(=O)NCCNc1ccnc2cc(Cl)ccc12)[C]1[CH][CH][CH][C]1P(c1ccccc1)c1ccccc1. The van der Waals surface area contributed by atoms with Gasteiger partial charge in [0.2, 0.25) is 11.8 Å². The average Bonchev–Trinajstić information content (AvgIpc) is 3.49. The van der Waals surface area contributed by atoms with Crippen molar-refractivity contribution in [3.05, 3.63) is 127 Å². The number of hydrogen-bond donors (Lipinski definition) is 3.